The second kappa shape index (κ2) is 12.5. The van der Waals surface area contributed by atoms with Gasteiger partial charge in [0.15, 0.2) is 6.10 Å². The number of carbonyl (C=O) groups excluding carboxylic acids is 3. The molecule has 4 N–H and O–H groups in total. The number of carbonyl (C=O) groups is 3. The number of methoxy groups -OCH3 is 1. The number of amides is 1. The molecule has 0 fully saturated rings. The van der Waals surface area contributed by atoms with Crippen LogP contribution in [0.15, 0.2) is 54.6 Å². The Bertz CT molecular complexity index is 1180. The second-order valence-electron chi connectivity index (χ2n) is 9.82. The number of anilines is 1. The van der Waals surface area contributed by atoms with Crippen LogP contribution in [0.25, 0.3) is 0 Å². The van der Waals surface area contributed by atoms with Crippen molar-refractivity contribution in [2.24, 2.45) is 11.7 Å². The van der Waals surface area contributed by atoms with Gasteiger partial charge in [-0.1, -0.05) is 56.3 Å². The van der Waals surface area contributed by atoms with E-state index in [4.69, 9.17) is 24.5 Å². The van der Waals surface area contributed by atoms with Crippen molar-refractivity contribution in [3.63, 3.8) is 0 Å². The van der Waals surface area contributed by atoms with Gasteiger partial charge >= 0.3 is 25.6 Å². The van der Waals surface area contributed by atoms with Gasteiger partial charge in [-0.3, -0.25) is 14.4 Å². The Hall–Kier alpha value is -3.24. The number of ether oxygens (including phenoxy) is 3. The Morgan fingerprint density at radius 1 is 1.05 bits per heavy atom. The van der Waals surface area contributed by atoms with Gasteiger partial charge in [0.05, 0.1) is 7.11 Å². The average molecular weight is 551 g/mol. The van der Waals surface area contributed by atoms with Crippen molar-refractivity contribution in [1.29, 1.82) is 0 Å². The molecule has 0 aliphatic carbocycles. The van der Waals surface area contributed by atoms with Gasteiger partial charge in [-0.25, -0.2) is 14.4 Å². The fourth-order valence-electron chi connectivity index (χ4n) is 3.29. The summed E-state index contributed by atoms with van der Waals surface area (Å²) in [7, 11) is -4.05. The molecule has 0 saturated heterocycles. The quantitative estimate of drug-likeness (QED) is 0.218. The maximum Gasteiger partial charge on any atom is 0.412 e. The van der Waals surface area contributed by atoms with Crippen molar-refractivity contribution in [2.45, 2.75) is 58.2 Å². The highest BCUT2D eigenvalue weighted by molar-refractivity contribution is 7.55. The number of hydrogen-bond donors (Lipinski definition) is 3. The van der Waals surface area contributed by atoms with Gasteiger partial charge in [-0.05, 0) is 49.9 Å². The minimum Gasteiger partial charge on any atom is -0.467 e. The van der Waals surface area contributed by atoms with Crippen molar-refractivity contribution in [2.75, 3.05) is 12.4 Å². The maximum absolute atomic E-state index is 13.6. The summed E-state index contributed by atoms with van der Waals surface area (Å²) in [6, 6.07) is 14.5. The normalized spacial score (nSPS) is 15.5. The fraction of sp³-hybridized carbons (Fsp3) is 0.423. The highest BCUT2D eigenvalue weighted by atomic mass is 31.2. The molecule has 2 aromatic carbocycles. The number of hydrogen-bond acceptors (Lipinski definition) is 9. The van der Waals surface area contributed by atoms with E-state index < -0.39 is 48.5 Å². The van der Waals surface area contributed by atoms with Crippen molar-refractivity contribution in [3.8, 4) is 0 Å². The van der Waals surface area contributed by atoms with Crippen LogP contribution in [0.5, 0.6) is 0 Å². The minimum absolute atomic E-state index is 0.0587. The van der Waals surface area contributed by atoms with E-state index in [-0.39, 0.29) is 17.9 Å². The highest BCUT2D eigenvalue weighted by Gasteiger charge is 2.57. The summed E-state index contributed by atoms with van der Waals surface area (Å²) < 4.78 is 34.2. The summed E-state index contributed by atoms with van der Waals surface area (Å²) in [6.07, 6.45) is -2.51. The first kappa shape index (κ1) is 31.0. The molecule has 2 rings (SSSR count). The first-order chi connectivity index (χ1) is 17.6. The third-order valence-electron chi connectivity index (χ3n) is 5.39. The molecule has 1 amide bonds. The van der Waals surface area contributed by atoms with Gasteiger partial charge in [-0.15, -0.1) is 0 Å². The lowest BCUT2D eigenvalue weighted by Crippen LogP contribution is -2.53. The van der Waals surface area contributed by atoms with Crippen LogP contribution in [0.4, 0.5) is 10.5 Å². The molecule has 2 aromatic rings. The van der Waals surface area contributed by atoms with Gasteiger partial charge in [0.2, 0.25) is 5.28 Å². The number of esters is 2. The Morgan fingerprint density at radius 3 is 2.24 bits per heavy atom. The Kier molecular flexibility index (Phi) is 10.2. The molecule has 0 heterocycles. The van der Waals surface area contributed by atoms with Gasteiger partial charge in [0.25, 0.3) is 0 Å². The average Bonchev–Trinajstić information content (AvgIpc) is 2.84. The molecule has 3 unspecified atom stereocenters. The number of rotatable bonds is 10. The van der Waals surface area contributed by atoms with E-state index in [1.165, 1.54) is 38.1 Å². The van der Waals surface area contributed by atoms with Gasteiger partial charge < -0.3 is 24.8 Å². The molecule has 0 saturated carbocycles. The second-order valence-corrected chi connectivity index (χ2v) is 11.8. The van der Waals surface area contributed by atoms with Gasteiger partial charge in [0.1, 0.15) is 12.2 Å². The van der Waals surface area contributed by atoms with Crippen LogP contribution in [0, 0.1) is 5.92 Å². The van der Waals surface area contributed by atoms with E-state index in [9.17, 15) is 23.8 Å². The van der Waals surface area contributed by atoms with Crippen LogP contribution >= 0.6 is 7.60 Å². The Balaban J connectivity index is 2.34. The topological polar surface area (TPSA) is 163 Å². The third-order valence-corrected chi connectivity index (χ3v) is 7.52. The van der Waals surface area contributed by atoms with E-state index >= 15 is 0 Å². The van der Waals surface area contributed by atoms with Gasteiger partial charge in [-0.2, -0.15) is 0 Å². The molecule has 0 aromatic heterocycles. The molecule has 3 atom stereocenters. The lowest BCUT2D eigenvalue weighted by molar-refractivity contribution is -0.153. The molecule has 38 heavy (non-hydrogen) atoms. The van der Waals surface area contributed by atoms with Crippen LogP contribution in [0.3, 0.4) is 0 Å². The Labute approximate surface area is 222 Å². The summed E-state index contributed by atoms with van der Waals surface area (Å²) in [5.74, 6) is -3.14. The third kappa shape index (κ3) is 7.88. The zero-order valence-corrected chi connectivity index (χ0v) is 23.2. The smallest absolute Gasteiger partial charge is 0.412 e. The summed E-state index contributed by atoms with van der Waals surface area (Å²) in [4.78, 5) is 48.8. The zero-order chi connectivity index (χ0) is 28.7. The molecule has 0 bridgehead atoms. The summed E-state index contributed by atoms with van der Waals surface area (Å²) in [5.41, 5.74) is 6.37. The number of nitrogens with two attached hydrogens (primary N) is 1. The zero-order valence-electron chi connectivity index (χ0n) is 22.3. The van der Waals surface area contributed by atoms with Crippen molar-refractivity contribution in [3.05, 3.63) is 65.7 Å². The standard InChI is InChI=1S/C26H35N2O9P/c1-17(2)26(27,23(30)35-16-18-11-8-7-9-12-18)38(32,33)37-21(22(29)34-6)19-13-10-14-20(15-19)28-24(31)36-25(3,4)5/h7-15,17,21H,16,27H2,1-6H3,(H,28,31)(H,32,33). The highest BCUT2D eigenvalue weighted by Crippen LogP contribution is 2.59. The van der Waals surface area contributed by atoms with Crippen LogP contribution in [-0.2, 0) is 39.5 Å². The van der Waals surface area contributed by atoms with Gasteiger partial charge in [0, 0.05) is 5.69 Å². The van der Waals surface area contributed by atoms with Crippen LogP contribution < -0.4 is 11.1 Å². The lowest BCUT2D eigenvalue weighted by Gasteiger charge is -2.35. The molecule has 0 spiro atoms. The van der Waals surface area contributed by atoms with E-state index in [1.807, 2.05) is 0 Å². The predicted molar refractivity (Wildman–Crippen MR) is 140 cm³/mol. The van der Waals surface area contributed by atoms with Crippen LogP contribution in [-0.4, -0.2) is 40.9 Å². The largest absolute Gasteiger partial charge is 0.467 e. The van der Waals surface area contributed by atoms with E-state index in [1.54, 1.807) is 51.1 Å². The Morgan fingerprint density at radius 2 is 1.68 bits per heavy atom. The van der Waals surface area contributed by atoms with Crippen molar-refractivity contribution < 1.29 is 42.6 Å². The predicted octanol–water partition coefficient (Wildman–Crippen LogP) is 4.50. The fourth-order valence-corrected chi connectivity index (χ4v) is 4.91. The monoisotopic (exact) mass is 550 g/mol. The molecule has 12 heteroatoms. The maximum atomic E-state index is 13.6. The molecule has 0 aliphatic heterocycles. The van der Waals surface area contributed by atoms with E-state index in [0.29, 0.717) is 5.56 Å². The number of nitrogens with one attached hydrogen (secondary N) is 1. The van der Waals surface area contributed by atoms with Crippen LogP contribution in [0.2, 0.25) is 0 Å². The molecular formula is C26H35N2O9P. The molecular weight excluding hydrogens is 515 g/mol. The van der Waals surface area contributed by atoms with Crippen molar-refractivity contribution >= 4 is 31.3 Å². The molecule has 11 nitrogen and oxygen atoms in total. The van der Waals surface area contributed by atoms with Crippen LogP contribution in [0.1, 0.15) is 51.8 Å². The first-order valence-corrected chi connectivity index (χ1v) is 13.4. The van der Waals surface area contributed by atoms with E-state index in [2.05, 4.69) is 5.32 Å². The minimum atomic E-state index is -5.12. The first-order valence-electron chi connectivity index (χ1n) is 11.8. The summed E-state index contributed by atoms with van der Waals surface area (Å²) >= 11 is 0. The van der Waals surface area contributed by atoms with Crippen molar-refractivity contribution in [1.82, 2.24) is 0 Å². The van der Waals surface area contributed by atoms with E-state index in [0.717, 1.165) is 7.11 Å². The molecule has 0 radical (unpaired) electrons. The lowest BCUT2D eigenvalue weighted by atomic mass is 10.1. The summed E-state index contributed by atoms with van der Waals surface area (Å²) in [5, 5.41) is -0.000159. The summed E-state index contributed by atoms with van der Waals surface area (Å²) in [6.45, 7) is 7.80. The molecule has 0 aliphatic rings. The SMILES string of the molecule is COC(=O)C(OP(=O)(O)C(N)(C(=O)OCc1ccccc1)C(C)C)c1cccc(NC(=O)OC(C)(C)C)c1. The molecule has 208 valence electrons. The number of benzene rings is 2.